The Morgan fingerprint density at radius 1 is 0.620 bits per heavy atom. The maximum Gasteiger partial charge on any atom is 0.317 e. The van der Waals surface area contributed by atoms with Gasteiger partial charge in [-0.15, -0.1) is 0 Å². The van der Waals surface area contributed by atoms with Gasteiger partial charge in [-0.1, -0.05) is 6.07 Å². The molecule has 0 saturated heterocycles. The predicted molar refractivity (Wildman–Crippen MR) is 162 cm³/mol. The lowest BCUT2D eigenvalue weighted by Crippen LogP contribution is -2.46. The Balaban J connectivity index is 1.75. The lowest BCUT2D eigenvalue weighted by atomic mass is 9.99. The number of hydrogen-bond acceptors (Lipinski definition) is 9. The topological polar surface area (TPSA) is 221 Å². The molecule has 3 aromatic rings. The lowest BCUT2D eigenvalue weighted by molar-refractivity contribution is -0.143. The molecule has 20 heteroatoms. The van der Waals surface area contributed by atoms with Crippen LogP contribution < -0.4 is 10.9 Å². The van der Waals surface area contributed by atoms with Crippen LogP contribution in [0.2, 0.25) is 0 Å². The predicted octanol–water partition coefficient (Wildman–Crippen LogP) is 0.997. The summed E-state index contributed by atoms with van der Waals surface area (Å²) in [6, 6.07) is 4.76. The van der Waals surface area contributed by atoms with E-state index in [1.165, 1.54) is 23.1 Å². The summed E-state index contributed by atoms with van der Waals surface area (Å²) in [7, 11) is 0. The normalized spacial score (nSPS) is 11.4. The van der Waals surface area contributed by atoms with E-state index in [0.29, 0.717) is 0 Å². The molecule has 50 heavy (non-hydrogen) atoms. The van der Waals surface area contributed by atoms with Crippen molar-refractivity contribution < 1.29 is 66.4 Å². The van der Waals surface area contributed by atoms with Crippen molar-refractivity contribution in [2.45, 2.75) is 6.42 Å². The first-order valence-electron chi connectivity index (χ1n) is 14.5. The molecule has 0 unspecified atom stereocenters. The van der Waals surface area contributed by atoms with E-state index >= 15 is 0 Å². The van der Waals surface area contributed by atoms with Crippen LogP contribution >= 0.6 is 0 Å². The van der Waals surface area contributed by atoms with E-state index in [1.807, 2.05) is 0 Å². The second kappa shape index (κ2) is 17.3. The zero-order chi connectivity index (χ0) is 37.3. The number of amides is 1. The van der Waals surface area contributed by atoms with Crippen molar-refractivity contribution in [2.75, 3.05) is 64.2 Å². The van der Waals surface area contributed by atoms with Gasteiger partial charge in [-0.05, 0) is 17.7 Å². The molecule has 0 atom stereocenters. The van der Waals surface area contributed by atoms with Gasteiger partial charge in [-0.3, -0.25) is 43.5 Å². The molecule has 0 fully saturated rings. The SMILES string of the molecule is O=C(O)CN(CCN(CC(=O)O)CC(=O)O)CCN(CC(=O)O)CC(=O)Nc1ccc2c(Cc3c(F)c(F)c(F)c(F)c3F)cc(=O)[nH]c2c1. The Hall–Kier alpha value is -5.47. The molecule has 2 aromatic carbocycles. The molecule has 1 amide bonds. The number of pyridine rings is 1. The zero-order valence-electron chi connectivity index (χ0n) is 25.9. The Morgan fingerprint density at radius 3 is 1.56 bits per heavy atom. The van der Waals surface area contributed by atoms with E-state index in [0.717, 1.165) is 15.9 Å². The number of aromatic nitrogens is 1. The van der Waals surface area contributed by atoms with Crippen molar-refractivity contribution in [3.8, 4) is 0 Å². The molecule has 0 aliphatic rings. The van der Waals surface area contributed by atoms with E-state index in [4.69, 9.17) is 10.2 Å². The average molecular weight is 716 g/mol. The summed E-state index contributed by atoms with van der Waals surface area (Å²) in [5.74, 6) is -16.7. The van der Waals surface area contributed by atoms with Crippen molar-refractivity contribution in [1.29, 1.82) is 0 Å². The van der Waals surface area contributed by atoms with Gasteiger partial charge in [-0.25, -0.2) is 22.0 Å². The van der Waals surface area contributed by atoms with E-state index in [9.17, 15) is 60.9 Å². The fourth-order valence-corrected chi connectivity index (χ4v) is 4.98. The van der Waals surface area contributed by atoms with Gasteiger partial charge in [-0.2, -0.15) is 0 Å². The molecular weight excluding hydrogens is 685 g/mol. The number of aliphatic carboxylic acids is 4. The molecule has 6 N–H and O–H groups in total. The third-order valence-corrected chi connectivity index (χ3v) is 7.15. The molecule has 1 heterocycles. The molecule has 0 aliphatic carbocycles. The number of fused-ring (bicyclic) bond motifs is 1. The first-order chi connectivity index (χ1) is 23.4. The highest BCUT2D eigenvalue weighted by molar-refractivity contribution is 5.95. The van der Waals surface area contributed by atoms with Crippen LogP contribution in [0.15, 0.2) is 29.1 Å². The van der Waals surface area contributed by atoms with Crippen LogP contribution in [0.5, 0.6) is 0 Å². The van der Waals surface area contributed by atoms with Crippen molar-refractivity contribution in [2.24, 2.45) is 0 Å². The molecule has 15 nitrogen and oxygen atoms in total. The van der Waals surface area contributed by atoms with Crippen LogP contribution in [-0.4, -0.2) is 129 Å². The fraction of sp³-hybridized carbons (Fsp3) is 0.333. The van der Waals surface area contributed by atoms with Gasteiger partial charge in [0.1, 0.15) is 0 Å². The number of hydrogen-bond donors (Lipinski definition) is 6. The average Bonchev–Trinajstić information content (AvgIpc) is 3.00. The first-order valence-corrected chi connectivity index (χ1v) is 14.5. The molecule has 0 aliphatic heterocycles. The number of carbonyl (C=O) groups excluding carboxylic acids is 1. The number of nitrogens with zero attached hydrogens (tertiary/aromatic N) is 3. The minimum absolute atomic E-state index is 0.0146. The smallest absolute Gasteiger partial charge is 0.317 e. The number of carbonyl (C=O) groups is 5. The van der Waals surface area contributed by atoms with Crippen LogP contribution in [-0.2, 0) is 30.4 Å². The third kappa shape index (κ3) is 11.0. The summed E-state index contributed by atoms with van der Waals surface area (Å²) in [4.78, 5) is 76.2. The number of nitrogens with one attached hydrogen (secondary N) is 2. The molecule has 0 saturated carbocycles. The summed E-state index contributed by atoms with van der Waals surface area (Å²) in [6.45, 7) is -3.58. The van der Waals surface area contributed by atoms with Crippen molar-refractivity contribution in [3.05, 3.63) is 74.8 Å². The van der Waals surface area contributed by atoms with Gasteiger partial charge in [0.25, 0.3) is 0 Å². The molecule has 0 radical (unpaired) electrons. The Labute approximate surface area is 278 Å². The van der Waals surface area contributed by atoms with Gasteiger partial charge in [0.15, 0.2) is 23.3 Å². The maximum absolute atomic E-state index is 14.3. The summed E-state index contributed by atoms with van der Waals surface area (Å²) >= 11 is 0. The highest BCUT2D eigenvalue weighted by atomic mass is 19.2. The van der Waals surface area contributed by atoms with Crippen LogP contribution in [0, 0.1) is 29.1 Å². The zero-order valence-corrected chi connectivity index (χ0v) is 25.9. The summed E-state index contributed by atoms with van der Waals surface area (Å²) in [6.07, 6.45) is -0.849. The summed E-state index contributed by atoms with van der Waals surface area (Å²) in [5.41, 5.74) is -1.99. The third-order valence-electron chi connectivity index (χ3n) is 7.15. The minimum Gasteiger partial charge on any atom is -0.480 e. The van der Waals surface area contributed by atoms with Crippen LogP contribution in [0.3, 0.4) is 0 Å². The van der Waals surface area contributed by atoms with Gasteiger partial charge in [0, 0.05) is 55.3 Å². The van der Waals surface area contributed by atoms with E-state index in [-0.39, 0.29) is 48.3 Å². The maximum atomic E-state index is 14.3. The van der Waals surface area contributed by atoms with Crippen molar-refractivity contribution >= 4 is 46.4 Å². The number of benzene rings is 2. The Bertz CT molecular complexity index is 1810. The molecular formula is C30H30F5N5O10. The van der Waals surface area contributed by atoms with Crippen molar-refractivity contribution in [1.82, 2.24) is 19.7 Å². The summed E-state index contributed by atoms with van der Waals surface area (Å²) < 4.78 is 69.6. The molecule has 0 bridgehead atoms. The van der Waals surface area contributed by atoms with Gasteiger partial charge in [0.05, 0.1) is 38.2 Å². The second-order valence-corrected chi connectivity index (χ2v) is 11.0. The Kier molecular flexibility index (Phi) is 13.5. The van der Waals surface area contributed by atoms with Gasteiger partial charge >= 0.3 is 23.9 Å². The van der Waals surface area contributed by atoms with E-state index < -0.39 is 109 Å². The van der Waals surface area contributed by atoms with E-state index in [1.54, 1.807) is 0 Å². The largest absolute Gasteiger partial charge is 0.480 e. The van der Waals surface area contributed by atoms with E-state index in [2.05, 4.69) is 10.3 Å². The molecule has 0 spiro atoms. The van der Waals surface area contributed by atoms with Crippen molar-refractivity contribution in [3.63, 3.8) is 0 Å². The number of aromatic amines is 1. The quantitative estimate of drug-likeness (QED) is 0.0580. The Morgan fingerprint density at radius 2 is 1.06 bits per heavy atom. The first kappa shape index (κ1) is 39.0. The number of H-pyrrole nitrogens is 1. The van der Waals surface area contributed by atoms with Gasteiger partial charge in [0.2, 0.25) is 17.3 Å². The minimum atomic E-state index is -2.34. The second-order valence-electron chi connectivity index (χ2n) is 11.0. The molecule has 270 valence electrons. The highest BCUT2D eigenvalue weighted by Gasteiger charge is 2.26. The van der Waals surface area contributed by atoms with Crippen LogP contribution in [0.1, 0.15) is 11.1 Å². The summed E-state index contributed by atoms with van der Waals surface area (Å²) in [5, 5.41) is 39.3. The molecule has 3 rings (SSSR count). The van der Waals surface area contributed by atoms with Crippen LogP contribution in [0.25, 0.3) is 10.9 Å². The number of rotatable bonds is 19. The lowest BCUT2D eigenvalue weighted by Gasteiger charge is -2.27. The number of carboxylic acid groups (broad SMARTS) is 4. The standard InChI is InChI=1S/C30H30F5N5O10/c31-26-18(27(32)29(34)30(35)28(26)33)7-15-8-20(41)37-19-9-16(1-2-17(15)19)36-21(42)10-39(12-23(45)46)5-3-38(11-22(43)44)4-6-40(13-24(47)48)14-25(49)50/h1-2,8-9H,3-7,10-14H2,(H,36,42)(H,37,41)(H,43,44)(H,45,46)(H,47,48)(H,49,50). The fourth-order valence-electron chi connectivity index (χ4n) is 4.98. The number of anilines is 1. The molecule has 1 aromatic heterocycles. The van der Waals surface area contributed by atoms with Gasteiger partial charge < -0.3 is 30.7 Å². The number of halogens is 5. The van der Waals surface area contributed by atoms with Crippen LogP contribution in [0.4, 0.5) is 27.6 Å². The number of carboxylic acids is 4. The monoisotopic (exact) mass is 715 g/mol. The highest BCUT2D eigenvalue weighted by Crippen LogP contribution is 2.28.